The number of nitrogens with zero attached hydrogens (tertiary/aromatic N) is 3. The maximum Gasteiger partial charge on any atom is 0.404 e. The Hall–Kier alpha value is -3.38. The predicted molar refractivity (Wildman–Crippen MR) is 127 cm³/mol. The largest absolute Gasteiger partial charge is 0.481 e. The van der Waals surface area contributed by atoms with Gasteiger partial charge in [-0.3, -0.25) is 9.59 Å². The van der Waals surface area contributed by atoms with Gasteiger partial charge in [-0.2, -0.15) is 22.9 Å². The normalized spacial score (nSPS) is 13.6. The van der Waals surface area contributed by atoms with E-state index in [1.807, 2.05) is 0 Å². The first-order valence-electron chi connectivity index (χ1n) is 11.1. The molecule has 0 saturated carbocycles. The lowest BCUT2D eigenvalue weighted by Gasteiger charge is -2.21. The van der Waals surface area contributed by atoms with Crippen LogP contribution in [0, 0.1) is 11.2 Å². The van der Waals surface area contributed by atoms with Crippen molar-refractivity contribution in [3.63, 3.8) is 0 Å². The molecular weight excluding hydrogens is 594 g/mol. The SMILES string of the molecule is CCC(NS(=O)(=O)c1ccc(-c2sc(-c3noc(CC(C)(C)C(=O)O)n3)nc2C=O)c(C(F)F)c1F)C(F)(F)F. The number of nitrogens with one attached hydrogen (secondary N) is 1. The number of thiazole rings is 1. The third-order valence-corrected chi connectivity index (χ3v) is 8.18. The molecule has 1 aromatic carbocycles. The number of carbonyl (C=O) groups excluding carboxylic acids is 1. The number of aromatic nitrogens is 3. The lowest BCUT2D eigenvalue weighted by Crippen LogP contribution is -2.45. The number of benzene rings is 1. The van der Waals surface area contributed by atoms with Crippen LogP contribution in [0.3, 0.4) is 0 Å². The quantitative estimate of drug-likeness (QED) is 0.224. The Morgan fingerprint density at radius 1 is 1.23 bits per heavy atom. The average molecular weight is 615 g/mol. The van der Waals surface area contributed by atoms with Crippen LogP contribution in [-0.2, 0) is 21.2 Å². The van der Waals surface area contributed by atoms with Crippen molar-refractivity contribution in [3.8, 4) is 21.3 Å². The van der Waals surface area contributed by atoms with Crippen molar-refractivity contribution < 1.29 is 54.0 Å². The van der Waals surface area contributed by atoms with Crippen molar-refractivity contribution in [1.29, 1.82) is 0 Å². The van der Waals surface area contributed by atoms with Gasteiger partial charge in [-0.25, -0.2) is 26.6 Å². The van der Waals surface area contributed by atoms with E-state index in [1.54, 1.807) is 0 Å². The van der Waals surface area contributed by atoms with Gasteiger partial charge in [0, 0.05) is 12.0 Å². The Bertz CT molecular complexity index is 1530. The first-order chi connectivity index (χ1) is 18.4. The molecule has 0 spiro atoms. The number of alkyl halides is 5. The van der Waals surface area contributed by atoms with Crippen LogP contribution in [0.25, 0.3) is 21.3 Å². The molecule has 2 aromatic heterocycles. The van der Waals surface area contributed by atoms with Gasteiger partial charge in [0.2, 0.25) is 21.7 Å². The number of sulfonamides is 1. The Kier molecular flexibility index (Phi) is 8.76. The van der Waals surface area contributed by atoms with Gasteiger partial charge in [0.15, 0.2) is 17.1 Å². The van der Waals surface area contributed by atoms with E-state index in [0.717, 1.165) is 13.0 Å². The molecule has 0 fully saturated rings. The molecule has 3 aromatic rings. The minimum atomic E-state index is -5.25. The Balaban J connectivity index is 2.08. The first-order valence-corrected chi connectivity index (χ1v) is 13.4. The van der Waals surface area contributed by atoms with E-state index < -0.39 is 74.0 Å². The summed E-state index contributed by atoms with van der Waals surface area (Å²) in [5, 5.41) is 12.7. The van der Waals surface area contributed by atoms with Crippen LogP contribution >= 0.6 is 11.3 Å². The van der Waals surface area contributed by atoms with Crippen LogP contribution in [0.5, 0.6) is 0 Å². The molecule has 0 aliphatic rings. The molecule has 2 heterocycles. The molecule has 0 aliphatic carbocycles. The number of aldehydes is 1. The van der Waals surface area contributed by atoms with Gasteiger partial charge in [0.05, 0.1) is 15.9 Å². The Morgan fingerprint density at radius 2 is 1.88 bits per heavy atom. The van der Waals surface area contributed by atoms with Crippen molar-refractivity contribution in [2.75, 3.05) is 0 Å². The molecule has 3 rings (SSSR count). The van der Waals surface area contributed by atoms with Crippen LogP contribution in [0.2, 0.25) is 0 Å². The monoisotopic (exact) mass is 614 g/mol. The van der Waals surface area contributed by atoms with E-state index in [4.69, 9.17) is 4.52 Å². The molecule has 0 amide bonds. The number of rotatable bonds is 11. The number of aliphatic carboxylic acids is 1. The van der Waals surface area contributed by atoms with Crippen molar-refractivity contribution in [2.24, 2.45) is 5.41 Å². The molecule has 0 radical (unpaired) electrons. The highest BCUT2D eigenvalue weighted by molar-refractivity contribution is 7.89. The zero-order valence-corrected chi connectivity index (χ0v) is 22.3. The van der Waals surface area contributed by atoms with Gasteiger partial charge in [-0.05, 0) is 26.3 Å². The van der Waals surface area contributed by atoms with Crippen molar-refractivity contribution in [3.05, 3.63) is 35.1 Å². The third kappa shape index (κ3) is 6.33. The fraction of sp³-hybridized carbons (Fsp3) is 0.409. The summed E-state index contributed by atoms with van der Waals surface area (Å²) >= 11 is 0.542. The van der Waals surface area contributed by atoms with E-state index in [2.05, 4.69) is 15.1 Å². The van der Waals surface area contributed by atoms with Gasteiger partial charge in [0.1, 0.15) is 16.6 Å². The smallest absolute Gasteiger partial charge is 0.404 e. The molecule has 1 unspecified atom stereocenters. The molecular formula is C22H20F6N4O6S2. The maximum atomic E-state index is 15.2. The molecule has 0 aliphatic heterocycles. The van der Waals surface area contributed by atoms with Gasteiger partial charge in [-0.15, -0.1) is 11.3 Å². The van der Waals surface area contributed by atoms with Crippen molar-refractivity contribution in [2.45, 2.75) is 57.2 Å². The topological polar surface area (TPSA) is 152 Å². The molecule has 10 nitrogen and oxygen atoms in total. The number of carboxylic acids is 1. The highest BCUT2D eigenvalue weighted by Gasteiger charge is 2.42. The summed E-state index contributed by atoms with van der Waals surface area (Å²) in [6, 6.07) is -1.39. The van der Waals surface area contributed by atoms with Crippen molar-refractivity contribution in [1.82, 2.24) is 19.8 Å². The second kappa shape index (κ2) is 11.2. The number of carboxylic acid groups (broad SMARTS) is 1. The zero-order chi connectivity index (χ0) is 30.2. The molecule has 1 atom stereocenters. The van der Waals surface area contributed by atoms with E-state index in [1.165, 1.54) is 18.6 Å². The molecule has 0 bridgehead atoms. The highest BCUT2D eigenvalue weighted by Crippen LogP contribution is 2.41. The average Bonchev–Trinajstić information content (AvgIpc) is 3.47. The van der Waals surface area contributed by atoms with E-state index >= 15 is 4.39 Å². The molecule has 218 valence electrons. The van der Waals surface area contributed by atoms with Gasteiger partial charge >= 0.3 is 12.1 Å². The minimum absolute atomic E-state index is 0.114. The highest BCUT2D eigenvalue weighted by atomic mass is 32.2. The summed E-state index contributed by atoms with van der Waals surface area (Å²) in [5.41, 5.74) is -3.89. The molecule has 18 heteroatoms. The molecule has 40 heavy (non-hydrogen) atoms. The van der Waals surface area contributed by atoms with E-state index in [0.29, 0.717) is 17.4 Å². The summed E-state index contributed by atoms with van der Waals surface area (Å²) in [6.07, 6.45) is -9.47. The van der Waals surface area contributed by atoms with E-state index in [-0.39, 0.29) is 34.3 Å². The lowest BCUT2D eigenvalue weighted by atomic mass is 9.90. The zero-order valence-electron chi connectivity index (χ0n) is 20.7. The van der Waals surface area contributed by atoms with Gasteiger partial charge < -0.3 is 9.63 Å². The van der Waals surface area contributed by atoms with Gasteiger partial charge in [-0.1, -0.05) is 18.1 Å². The summed E-state index contributed by atoms with van der Waals surface area (Å²) < 4.78 is 114. The minimum Gasteiger partial charge on any atom is -0.481 e. The van der Waals surface area contributed by atoms with Crippen LogP contribution < -0.4 is 4.72 Å². The second-order valence-electron chi connectivity index (χ2n) is 8.99. The Labute approximate surface area is 226 Å². The lowest BCUT2D eigenvalue weighted by molar-refractivity contribution is -0.151. The summed E-state index contributed by atoms with van der Waals surface area (Å²) in [4.78, 5) is 29.1. The fourth-order valence-electron chi connectivity index (χ4n) is 3.39. The standard InChI is InChI=1S/C22H20F6N4O6S2/c1-4-12(22(26,27)28)32-40(36,37)11-6-5-9(14(15(11)23)17(24)25)16-10(8-33)29-19(39-16)18-30-13(38-31-18)7-21(2,3)20(34)35/h5-6,8,12,17,32H,4,7H2,1-3H3,(H,34,35). The predicted octanol–water partition coefficient (Wildman–Crippen LogP) is 5.02. The Morgan fingerprint density at radius 3 is 2.40 bits per heavy atom. The number of halogens is 6. The van der Waals surface area contributed by atoms with Crippen LogP contribution in [-0.4, -0.2) is 53.1 Å². The fourth-order valence-corrected chi connectivity index (χ4v) is 5.78. The number of hydrogen-bond donors (Lipinski definition) is 2. The van der Waals surface area contributed by atoms with Crippen molar-refractivity contribution >= 4 is 33.6 Å². The van der Waals surface area contributed by atoms with Crippen LogP contribution in [0.1, 0.15) is 55.6 Å². The van der Waals surface area contributed by atoms with E-state index in [9.17, 15) is 45.1 Å². The molecule has 2 N–H and O–H groups in total. The second-order valence-corrected chi connectivity index (χ2v) is 11.7. The number of carbonyl (C=O) groups is 2. The number of hydrogen-bond acceptors (Lipinski definition) is 9. The molecule has 0 saturated heterocycles. The van der Waals surface area contributed by atoms with Crippen LogP contribution in [0.4, 0.5) is 26.3 Å². The maximum absolute atomic E-state index is 15.2. The third-order valence-electron chi connectivity index (χ3n) is 5.59. The summed E-state index contributed by atoms with van der Waals surface area (Å²) in [6.45, 7) is 3.82. The van der Waals surface area contributed by atoms with Crippen LogP contribution in [0.15, 0.2) is 21.6 Å². The summed E-state index contributed by atoms with van der Waals surface area (Å²) in [5.74, 6) is -3.52. The first kappa shape index (κ1) is 31.2. The summed E-state index contributed by atoms with van der Waals surface area (Å²) in [7, 11) is -5.25. The van der Waals surface area contributed by atoms with Gasteiger partial charge in [0.25, 0.3) is 6.43 Å².